The van der Waals surface area contributed by atoms with Gasteiger partial charge in [0, 0.05) is 16.9 Å². The van der Waals surface area contributed by atoms with Crippen molar-refractivity contribution in [1.29, 1.82) is 5.26 Å². The molecular weight excluding hydrogens is 367 g/mol. The van der Waals surface area contributed by atoms with Gasteiger partial charge in [-0.3, -0.25) is 4.79 Å². The third kappa shape index (κ3) is 4.48. The molecule has 0 saturated carbocycles. The van der Waals surface area contributed by atoms with E-state index in [1.54, 1.807) is 42.5 Å². The third-order valence-corrected chi connectivity index (χ3v) is 3.94. The summed E-state index contributed by atoms with van der Waals surface area (Å²) in [4.78, 5) is 12.2. The highest BCUT2D eigenvalue weighted by atomic mass is 19.4. The summed E-state index contributed by atoms with van der Waals surface area (Å²) >= 11 is 0. The van der Waals surface area contributed by atoms with Gasteiger partial charge in [0.15, 0.2) is 0 Å². The SMILES string of the molecule is N#Cc1ccccc1Nc1ccc(NC(=O)c2ccc(C(F)(F)F)cc2)cc1. The quantitative estimate of drug-likeness (QED) is 0.621. The lowest BCUT2D eigenvalue weighted by Crippen LogP contribution is -2.12. The molecule has 0 saturated heterocycles. The molecule has 1 amide bonds. The van der Waals surface area contributed by atoms with Gasteiger partial charge >= 0.3 is 6.18 Å². The number of para-hydroxylation sites is 1. The fourth-order valence-electron chi connectivity index (χ4n) is 2.50. The molecule has 0 radical (unpaired) electrons. The average molecular weight is 381 g/mol. The number of alkyl halides is 3. The first-order valence-electron chi connectivity index (χ1n) is 8.21. The van der Waals surface area contributed by atoms with Gasteiger partial charge < -0.3 is 10.6 Å². The summed E-state index contributed by atoms with van der Waals surface area (Å²) in [6.07, 6.45) is -4.44. The molecule has 3 aromatic rings. The van der Waals surface area contributed by atoms with E-state index in [0.29, 0.717) is 16.9 Å². The van der Waals surface area contributed by atoms with E-state index >= 15 is 0 Å². The summed E-state index contributed by atoms with van der Waals surface area (Å²) in [6, 6.07) is 19.9. The van der Waals surface area contributed by atoms with E-state index in [4.69, 9.17) is 5.26 Å². The molecule has 0 aliphatic heterocycles. The van der Waals surface area contributed by atoms with E-state index in [1.165, 1.54) is 0 Å². The van der Waals surface area contributed by atoms with Crippen molar-refractivity contribution in [3.8, 4) is 6.07 Å². The highest BCUT2D eigenvalue weighted by Crippen LogP contribution is 2.29. The Balaban J connectivity index is 1.67. The molecular formula is C21H14F3N3O. The fraction of sp³-hybridized carbons (Fsp3) is 0.0476. The Morgan fingerprint density at radius 3 is 2.07 bits per heavy atom. The molecule has 0 spiro atoms. The van der Waals surface area contributed by atoms with Gasteiger partial charge in [-0.15, -0.1) is 0 Å². The summed E-state index contributed by atoms with van der Waals surface area (Å²) in [5.41, 5.74) is 1.68. The van der Waals surface area contributed by atoms with E-state index in [0.717, 1.165) is 30.0 Å². The van der Waals surface area contributed by atoms with Crippen molar-refractivity contribution in [3.05, 3.63) is 89.5 Å². The zero-order valence-electron chi connectivity index (χ0n) is 14.4. The largest absolute Gasteiger partial charge is 0.416 e. The monoisotopic (exact) mass is 381 g/mol. The molecule has 0 aliphatic carbocycles. The van der Waals surface area contributed by atoms with Gasteiger partial charge in [0.05, 0.1) is 16.8 Å². The summed E-state index contributed by atoms with van der Waals surface area (Å²) in [7, 11) is 0. The normalized spacial score (nSPS) is 10.8. The highest BCUT2D eigenvalue weighted by Gasteiger charge is 2.30. The molecule has 0 aliphatic rings. The molecule has 0 fully saturated rings. The highest BCUT2D eigenvalue weighted by molar-refractivity contribution is 6.04. The van der Waals surface area contributed by atoms with E-state index in [9.17, 15) is 18.0 Å². The van der Waals surface area contributed by atoms with Gasteiger partial charge in [-0.2, -0.15) is 18.4 Å². The number of benzene rings is 3. The van der Waals surface area contributed by atoms with Crippen LogP contribution in [0.3, 0.4) is 0 Å². The topological polar surface area (TPSA) is 64.9 Å². The third-order valence-electron chi connectivity index (χ3n) is 3.94. The van der Waals surface area contributed by atoms with Crippen LogP contribution in [0.2, 0.25) is 0 Å². The summed E-state index contributed by atoms with van der Waals surface area (Å²) in [5, 5.41) is 14.9. The van der Waals surface area contributed by atoms with Gasteiger partial charge in [-0.1, -0.05) is 12.1 Å². The average Bonchev–Trinajstić information content (AvgIpc) is 2.69. The van der Waals surface area contributed by atoms with Crippen LogP contribution in [0, 0.1) is 11.3 Å². The lowest BCUT2D eigenvalue weighted by atomic mass is 10.1. The molecule has 140 valence electrons. The minimum atomic E-state index is -4.44. The smallest absolute Gasteiger partial charge is 0.354 e. The zero-order chi connectivity index (χ0) is 20.1. The molecule has 2 N–H and O–H groups in total. The van der Waals surface area contributed by atoms with Crippen LogP contribution in [0.25, 0.3) is 0 Å². The number of hydrogen-bond donors (Lipinski definition) is 2. The van der Waals surface area contributed by atoms with Crippen molar-refractivity contribution in [2.45, 2.75) is 6.18 Å². The minimum absolute atomic E-state index is 0.123. The minimum Gasteiger partial charge on any atom is -0.354 e. The maximum atomic E-state index is 12.6. The molecule has 0 unspecified atom stereocenters. The molecule has 0 bridgehead atoms. The van der Waals surface area contributed by atoms with Gasteiger partial charge in [0.1, 0.15) is 6.07 Å². The zero-order valence-corrected chi connectivity index (χ0v) is 14.4. The Hall–Kier alpha value is -3.79. The number of anilines is 3. The summed E-state index contributed by atoms with van der Waals surface area (Å²) in [6.45, 7) is 0. The van der Waals surface area contributed by atoms with E-state index < -0.39 is 17.6 Å². The number of nitrogens with one attached hydrogen (secondary N) is 2. The number of carbonyl (C=O) groups is 1. The standard InChI is InChI=1S/C21H14F3N3O/c22-21(23,24)16-7-5-14(6-8-16)20(28)27-18-11-9-17(10-12-18)26-19-4-2-1-3-15(19)13-25/h1-12,26H,(H,27,28). The van der Waals surface area contributed by atoms with Gasteiger partial charge in [-0.25, -0.2) is 0 Å². The first-order chi connectivity index (χ1) is 13.4. The first kappa shape index (κ1) is 19.0. The van der Waals surface area contributed by atoms with Crippen molar-refractivity contribution in [3.63, 3.8) is 0 Å². The van der Waals surface area contributed by atoms with Crippen LogP contribution in [0.5, 0.6) is 0 Å². The predicted octanol–water partition coefficient (Wildman–Crippen LogP) is 5.57. The van der Waals surface area contributed by atoms with Crippen molar-refractivity contribution in [2.24, 2.45) is 0 Å². The lowest BCUT2D eigenvalue weighted by Gasteiger charge is -2.10. The number of amides is 1. The van der Waals surface area contributed by atoms with Crippen LogP contribution >= 0.6 is 0 Å². The maximum Gasteiger partial charge on any atom is 0.416 e. The van der Waals surface area contributed by atoms with E-state index in [-0.39, 0.29) is 5.56 Å². The fourth-order valence-corrected chi connectivity index (χ4v) is 2.50. The van der Waals surface area contributed by atoms with Crippen molar-refractivity contribution >= 4 is 23.0 Å². The van der Waals surface area contributed by atoms with E-state index in [2.05, 4.69) is 16.7 Å². The lowest BCUT2D eigenvalue weighted by molar-refractivity contribution is -0.137. The van der Waals surface area contributed by atoms with Crippen molar-refractivity contribution in [2.75, 3.05) is 10.6 Å². The molecule has 4 nitrogen and oxygen atoms in total. The number of nitrogens with zero attached hydrogens (tertiary/aromatic N) is 1. The number of rotatable bonds is 4. The second-order valence-electron chi connectivity index (χ2n) is 5.89. The number of carbonyl (C=O) groups excluding carboxylic acids is 1. The molecule has 3 aromatic carbocycles. The van der Waals surface area contributed by atoms with Crippen LogP contribution < -0.4 is 10.6 Å². The Bertz CT molecular complexity index is 1020. The van der Waals surface area contributed by atoms with Crippen LogP contribution in [-0.4, -0.2) is 5.91 Å². The van der Waals surface area contributed by atoms with Gasteiger partial charge in [0.25, 0.3) is 5.91 Å². The van der Waals surface area contributed by atoms with Gasteiger partial charge in [-0.05, 0) is 60.7 Å². The van der Waals surface area contributed by atoms with Crippen LogP contribution in [0.1, 0.15) is 21.5 Å². The Morgan fingerprint density at radius 1 is 0.857 bits per heavy atom. The van der Waals surface area contributed by atoms with Gasteiger partial charge in [0.2, 0.25) is 0 Å². The van der Waals surface area contributed by atoms with E-state index in [1.807, 2.05) is 6.07 Å². The Labute approximate surface area is 159 Å². The second-order valence-corrected chi connectivity index (χ2v) is 5.89. The number of halogens is 3. The number of nitriles is 1. The summed E-state index contributed by atoms with van der Waals surface area (Å²) in [5.74, 6) is -0.510. The maximum absolute atomic E-state index is 12.6. The van der Waals surface area contributed by atoms with Crippen LogP contribution in [0.4, 0.5) is 30.2 Å². The second kappa shape index (κ2) is 7.84. The number of hydrogen-bond acceptors (Lipinski definition) is 3. The molecule has 0 atom stereocenters. The van der Waals surface area contributed by atoms with Crippen molar-refractivity contribution in [1.82, 2.24) is 0 Å². The molecule has 0 heterocycles. The predicted molar refractivity (Wildman–Crippen MR) is 100 cm³/mol. The molecule has 7 heteroatoms. The van der Waals surface area contributed by atoms with Crippen LogP contribution in [0.15, 0.2) is 72.8 Å². The van der Waals surface area contributed by atoms with Crippen molar-refractivity contribution < 1.29 is 18.0 Å². The summed E-state index contributed by atoms with van der Waals surface area (Å²) < 4.78 is 37.8. The Kier molecular flexibility index (Phi) is 5.32. The first-order valence-corrected chi connectivity index (χ1v) is 8.21. The molecule has 28 heavy (non-hydrogen) atoms. The van der Waals surface area contributed by atoms with Crippen LogP contribution in [-0.2, 0) is 6.18 Å². The molecule has 3 rings (SSSR count). The molecule has 0 aromatic heterocycles. The Morgan fingerprint density at radius 2 is 1.46 bits per heavy atom.